The molecule has 0 aromatic rings. The Balaban J connectivity index is 2.18. The molecule has 2 rings (SSSR count). The molecule has 12 heavy (non-hydrogen) atoms. The summed E-state index contributed by atoms with van der Waals surface area (Å²) < 4.78 is 30.0. The fourth-order valence-corrected chi connectivity index (χ4v) is 3.40. The summed E-state index contributed by atoms with van der Waals surface area (Å²) in [5, 5.41) is 0. The minimum absolute atomic E-state index is 0.275. The number of hydrogen-bond donors (Lipinski definition) is 1. The van der Waals surface area contributed by atoms with E-state index in [9.17, 15) is 8.42 Å². The quantitative estimate of drug-likeness (QED) is 0.629. The third-order valence-corrected chi connectivity index (χ3v) is 5.86. The molecule has 0 aromatic heterocycles. The largest absolute Gasteiger partial charge is 0.377 e. The van der Waals surface area contributed by atoms with Crippen molar-refractivity contribution in [3.8, 4) is 0 Å². The summed E-state index contributed by atoms with van der Waals surface area (Å²) in [6.07, 6.45) is 1.53. The molecule has 0 aromatic carbocycles. The van der Waals surface area contributed by atoms with Crippen molar-refractivity contribution in [1.29, 1.82) is 0 Å². The Kier molecular flexibility index (Phi) is 1.98. The van der Waals surface area contributed by atoms with Gasteiger partial charge in [-0.05, 0) is 12.8 Å². The molecule has 2 fully saturated rings. The maximum Gasteiger partial charge on any atom is 0.225 e. The zero-order valence-corrected chi connectivity index (χ0v) is 8.82. The van der Waals surface area contributed by atoms with E-state index in [0.717, 1.165) is 6.42 Å². The normalized spacial score (nSPS) is 37.6. The molecule has 0 amide bonds. The number of hydrogen-bond acceptors (Lipinski definition) is 3. The second-order valence-corrected chi connectivity index (χ2v) is 6.94. The number of halogens is 1. The number of nitrogens with one attached hydrogen (secondary N) is 1. The molecular formula is C6H10BrNO3S. The highest BCUT2D eigenvalue weighted by atomic mass is 79.9. The summed E-state index contributed by atoms with van der Waals surface area (Å²) in [4.78, 5) is 0. The summed E-state index contributed by atoms with van der Waals surface area (Å²) in [7, 11) is -3.14. The number of sulfonamides is 1. The average Bonchev–Trinajstić information content (AvgIpc) is 1.92. The maximum atomic E-state index is 11.4. The Labute approximate surface area is 79.8 Å². The summed E-state index contributed by atoms with van der Waals surface area (Å²) in [6, 6.07) is 0. The van der Waals surface area contributed by atoms with Crippen LogP contribution >= 0.6 is 15.9 Å². The fraction of sp³-hybridized carbons (Fsp3) is 1.00. The van der Waals surface area contributed by atoms with Gasteiger partial charge in [-0.3, -0.25) is 0 Å². The lowest BCUT2D eigenvalue weighted by Gasteiger charge is -2.45. The molecule has 0 aliphatic carbocycles. The van der Waals surface area contributed by atoms with Gasteiger partial charge in [0.25, 0.3) is 0 Å². The van der Waals surface area contributed by atoms with Gasteiger partial charge in [0.15, 0.2) is 0 Å². The highest BCUT2D eigenvalue weighted by Gasteiger charge is 2.47. The summed E-state index contributed by atoms with van der Waals surface area (Å²) >= 11 is 3.12. The first-order chi connectivity index (χ1) is 5.54. The Morgan fingerprint density at radius 3 is 2.58 bits per heavy atom. The van der Waals surface area contributed by atoms with Crippen molar-refractivity contribution in [3.05, 3.63) is 0 Å². The lowest BCUT2D eigenvalue weighted by atomic mass is 9.93. The van der Waals surface area contributed by atoms with Gasteiger partial charge in [0.1, 0.15) is 4.16 Å². The van der Waals surface area contributed by atoms with Crippen LogP contribution in [-0.4, -0.2) is 31.3 Å². The van der Waals surface area contributed by atoms with Gasteiger partial charge >= 0.3 is 0 Å². The first kappa shape index (κ1) is 8.93. The standard InChI is InChI=1S/C6H10BrNO3S/c7-5-1-2-6(3-11-4-6)8-12(5,9)10/h5,8H,1-4H2. The summed E-state index contributed by atoms with van der Waals surface area (Å²) in [6.45, 7) is 1.04. The van der Waals surface area contributed by atoms with Crippen LogP contribution in [0.1, 0.15) is 12.8 Å². The van der Waals surface area contributed by atoms with Crippen LogP contribution in [0.25, 0.3) is 0 Å². The van der Waals surface area contributed by atoms with Crippen molar-refractivity contribution in [3.63, 3.8) is 0 Å². The first-order valence-electron chi connectivity index (χ1n) is 3.79. The van der Waals surface area contributed by atoms with Gasteiger partial charge in [0.05, 0.1) is 18.8 Å². The van der Waals surface area contributed by atoms with Crippen LogP contribution in [-0.2, 0) is 14.8 Å². The number of rotatable bonds is 0. The van der Waals surface area contributed by atoms with Gasteiger partial charge in [0.2, 0.25) is 10.0 Å². The van der Waals surface area contributed by atoms with Gasteiger partial charge in [-0.25, -0.2) is 13.1 Å². The van der Waals surface area contributed by atoms with Crippen molar-refractivity contribution >= 4 is 26.0 Å². The molecular weight excluding hydrogens is 246 g/mol. The average molecular weight is 256 g/mol. The Morgan fingerprint density at radius 1 is 1.50 bits per heavy atom. The lowest BCUT2D eigenvalue weighted by Crippen LogP contribution is -2.65. The number of ether oxygens (including phenoxy) is 1. The molecule has 1 spiro atoms. The monoisotopic (exact) mass is 255 g/mol. The van der Waals surface area contributed by atoms with Crippen LogP contribution in [0.4, 0.5) is 0 Å². The van der Waals surface area contributed by atoms with Crippen LogP contribution in [0.2, 0.25) is 0 Å². The van der Waals surface area contributed by atoms with Gasteiger partial charge < -0.3 is 4.74 Å². The second kappa shape index (κ2) is 2.67. The Bertz CT molecular complexity index is 285. The molecule has 0 saturated carbocycles. The second-order valence-electron chi connectivity index (χ2n) is 3.37. The summed E-state index contributed by atoms with van der Waals surface area (Å²) in [5.41, 5.74) is -0.275. The minimum Gasteiger partial charge on any atom is -0.377 e. The zero-order chi connectivity index (χ0) is 8.82. The molecule has 2 heterocycles. The first-order valence-corrected chi connectivity index (χ1v) is 6.25. The smallest absolute Gasteiger partial charge is 0.225 e. The van der Waals surface area contributed by atoms with E-state index < -0.39 is 14.2 Å². The third-order valence-electron chi connectivity index (χ3n) is 2.30. The Morgan fingerprint density at radius 2 is 2.17 bits per heavy atom. The van der Waals surface area contributed by atoms with Crippen LogP contribution in [0.5, 0.6) is 0 Å². The van der Waals surface area contributed by atoms with E-state index in [-0.39, 0.29) is 5.54 Å². The maximum absolute atomic E-state index is 11.4. The van der Waals surface area contributed by atoms with E-state index in [4.69, 9.17) is 4.74 Å². The minimum atomic E-state index is -3.14. The summed E-state index contributed by atoms with van der Waals surface area (Å²) in [5.74, 6) is 0. The molecule has 0 radical (unpaired) electrons. The molecule has 2 aliphatic rings. The molecule has 4 nitrogen and oxygen atoms in total. The van der Waals surface area contributed by atoms with Crippen molar-refractivity contribution in [2.45, 2.75) is 22.5 Å². The topological polar surface area (TPSA) is 55.4 Å². The van der Waals surface area contributed by atoms with E-state index in [2.05, 4.69) is 20.7 Å². The van der Waals surface area contributed by atoms with E-state index in [1.54, 1.807) is 0 Å². The van der Waals surface area contributed by atoms with E-state index >= 15 is 0 Å². The molecule has 6 heteroatoms. The van der Waals surface area contributed by atoms with Crippen molar-refractivity contribution in [2.75, 3.05) is 13.2 Å². The van der Waals surface area contributed by atoms with E-state index in [1.807, 2.05) is 0 Å². The van der Waals surface area contributed by atoms with Gasteiger partial charge in [-0.2, -0.15) is 0 Å². The van der Waals surface area contributed by atoms with Crippen molar-refractivity contribution < 1.29 is 13.2 Å². The van der Waals surface area contributed by atoms with Crippen LogP contribution < -0.4 is 4.72 Å². The Hall–Kier alpha value is 0.350. The van der Waals surface area contributed by atoms with Crippen LogP contribution in [0.3, 0.4) is 0 Å². The van der Waals surface area contributed by atoms with Crippen LogP contribution in [0, 0.1) is 0 Å². The zero-order valence-electron chi connectivity index (χ0n) is 6.42. The highest BCUT2D eigenvalue weighted by Crippen LogP contribution is 2.32. The van der Waals surface area contributed by atoms with Crippen LogP contribution in [0.15, 0.2) is 0 Å². The van der Waals surface area contributed by atoms with Gasteiger partial charge in [0, 0.05) is 0 Å². The van der Waals surface area contributed by atoms with Crippen molar-refractivity contribution in [1.82, 2.24) is 4.72 Å². The number of alkyl halides is 1. The third kappa shape index (κ3) is 1.30. The molecule has 2 saturated heterocycles. The highest BCUT2D eigenvalue weighted by molar-refractivity contribution is 9.11. The SMILES string of the molecule is O=S1(=O)NC2(CCC1Br)COC2. The molecule has 1 atom stereocenters. The molecule has 1 unspecified atom stereocenters. The fourth-order valence-electron chi connectivity index (χ4n) is 1.51. The molecule has 70 valence electrons. The predicted octanol–water partition coefficient (Wildman–Crippen LogP) is 0.190. The van der Waals surface area contributed by atoms with Crippen molar-refractivity contribution in [2.24, 2.45) is 0 Å². The molecule has 2 aliphatic heterocycles. The molecule has 0 bridgehead atoms. The van der Waals surface area contributed by atoms with E-state index in [1.165, 1.54) is 0 Å². The predicted molar refractivity (Wildman–Crippen MR) is 47.6 cm³/mol. The van der Waals surface area contributed by atoms with E-state index in [0.29, 0.717) is 19.6 Å². The van der Waals surface area contributed by atoms with Gasteiger partial charge in [-0.1, -0.05) is 15.9 Å². The lowest BCUT2D eigenvalue weighted by molar-refractivity contribution is -0.0691. The molecule has 1 N–H and O–H groups in total. The van der Waals surface area contributed by atoms with Gasteiger partial charge in [-0.15, -0.1) is 0 Å².